The molecule has 3 aromatic heterocycles. The topological polar surface area (TPSA) is 62.4 Å². The highest BCUT2D eigenvalue weighted by atomic mass is 15.0. The molecule has 0 radical (unpaired) electrons. The van der Waals surface area contributed by atoms with Gasteiger partial charge in [0.05, 0.1) is 56.0 Å². The second-order valence-electron chi connectivity index (χ2n) is 14.0. The summed E-state index contributed by atoms with van der Waals surface area (Å²) >= 11 is 0. The molecule has 0 spiro atoms. The molecule has 11 rings (SSSR count). The fourth-order valence-corrected chi connectivity index (χ4v) is 8.76. The van der Waals surface area contributed by atoms with Crippen molar-refractivity contribution in [1.82, 2.24) is 13.7 Å². The van der Waals surface area contributed by atoms with Crippen LogP contribution in [-0.2, 0) is 0 Å². The summed E-state index contributed by atoms with van der Waals surface area (Å²) < 4.78 is 6.88. The average molecular weight is 700 g/mol. The van der Waals surface area contributed by atoms with Gasteiger partial charge in [0.25, 0.3) is 0 Å². The van der Waals surface area contributed by atoms with E-state index in [9.17, 15) is 10.5 Å². The third kappa shape index (κ3) is 4.45. The number of benzene rings is 8. The number of rotatable bonds is 4. The standard InChI is InChI=1S/C50H29N5/c51-30-32-20-27-48-43(28-32)41-14-4-7-18-46(41)53(48)35-23-21-33(22-24-35)37-15-9-10-34(31-52)50(37)55-47-19-8-3-13-40(47)42-26-25-36(29-49(42)55)54-44-16-5-1-11-38(44)39-12-2-6-17-45(39)54/h1-29H. The summed E-state index contributed by atoms with van der Waals surface area (Å²) in [6, 6.07) is 66.0. The predicted octanol–water partition coefficient (Wildman–Crippen LogP) is 12.4. The molecular weight excluding hydrogens is 671 g/mol. The van der Waals surface area contributed by atoms with Gasteiger partial charge in [-0.15, -0.1) is 0 Å². The Hall–Kier alpha value is -7.86. The zero-order valence-corrected chi connectivity index (χ0v) is 29.5. The lowest BCUT2D eigenvalue weighted by Gasteiger charge is -2.17. The quantitative estimate of drug-likeness (QED) is 0.184. The van der Waals surface area contributed by atoms with E-state index < -0.39 is 0 Å². The van der Waals surface area contributed by atoms with Gasteiger partial charge in [-0.05, 0) is 78.4 Å². The Balaban J connectivity index is 1.13. The minimum Gasteiger partial charge on any atom is -0.309 e. The van der Waals surface area contributed by atoms with Crippen molar-refractivity contribution in [1.29, 1.82) is 10.5 Å². The number of para-hydroxylation sites is 5. The third-order valence-corrected chi connectivity index (χ3v) is 11.1. The zero-order valence-electron chi connectivity index (χ0n) is 29.5. The van der Waals surface area contributed by atoms with Crippen molar-refractivity contribution in [3.63, 3.8) is 0 Å². The van der Waals surface area contributed by atoms with Crippen LogP contribution in [0.3, 0.4) is 0 Å². The van der Waals surface area contributed by atoms with Crippen LogP contribution < -0.4 is 0 Å². The summed E-state index contributed by atoms with van der Waals surface area (Å²) in [5.41, 5.74) is 12.6. The first-order valence-electron chi connectivity index (χ1n) is 18.3. The molecule has 5 heteroatoms. The van der Waals surface area contributed by atoms with E-state index in [0.717, 1.165) is 82.8 Å². The molecule has 0 aliphatic heterocycles. The lowest BCUT2D eigenvalue weighted by atomic mass is 9.99. The molecule has 0 saturated heterocycles. The highest BCUT2D eigenvalue weighted by Gasteiger charge is 2.21. The van der Waals surface area contributed by atoms with Gasteiger partial charge < -0.3 is 13.7 Å². The predicted molar refractivity (Wildman–Crippen MR) is 224 cm³/mol. The fraction of sp³-hybridized carbons (Fsp3) is 0. The van der Waals surface area contributed by atoms with Crippen molar-refractivity contribution in [2.24, 2.45) is 0 Å². The van der Waals surface area contributed by atoms with E-state index in [2.05, 4.69) is 165 Å². The molecule has 0 bridgehead atoms. The van der Waals surface area contributed by atoms with Crippen LogP contribution in [0.25, 0.3) is 93.6 Å². The van der Waals surface area contributed by atoms with Gasteiger partial charge in [-0.2, -0.15) is 10.5 Å². The Labute approximate surface area is 316 Å². The fourth-order valence-electron chi connectivity index (χ4n) is 8.76. The van der Waals surface area contributed by atoms with E-state index in [1.165, 1.54) is 10.8 Å². The summed E-state index contributed by atoms with van der Waals surface area (Å²) in [4.78, 5) is 0. The monoisotopic (exact) mass is 699 g/mol. The third-order valence-electron chi connectivity index (χ3n) is 11.1. The van der Waals surface area contributed by atoms with E-state index in [-0.39, 0.29) is 0 Å². The number of nitriles is 2. The minimum absolute atomic E-state index is 0.599. The maximum atomic E-state index is 10.7. The van der Waals surface area contributed by atoms with Crippen LogP contribution >= 0.6 is 0 Å². The van der Waals surface area contributed by atoms with E-state index in [0.29, 0.717) is 11.1 Å². The molecule has 0 aliphatic rings. The summed E-state index contributed by atoms with van der Waals surface area (Å²) in [6.45, 7) is 0. The van der Waals surface area contributed by atoms with E-state index in [1.807, 2.05) is 36.4 Å². The highest BCUT2D eigenvalue weighted by molar-refractivity contribution is 6.13. The largest absolute Gasteiger partial charge is 0.309 e. The van der Waals surface area contributed by atoms with E-state index in [4.69, 9.17) is 0 Å². The van der Waals surface area contributed by atoms with Gasteiger partial charge in [-0.3, -0.25) is 0 Å². The van der Waals surface area contributed by atoms with Crippen LogP contribution in [0, 0.1) is 22.7 Å². The smallest absolute Gasteiger partial charge is 0.101 e. The molecule has 0 aliphatic carbocycles. The lowest BCUT2D eigenvalue weighted by molar-refractivity contribution is 1.15. The summed E-state index contributed by atoms with van der Waals surface area (Å²) in [6.07, 6.45) is 0. The Bertz CT molecular complexity index is 3400. The molecule has 55 heavy (non-hydrogen) atoms. The van der Waals surface area contributed by atoms with Crippen molar-refractivity contribution < 1.29 is 0 Å². The van der Waals surface area contributed by atoms with Crippen molar-refractivity contribution in [2.75, 3.05) is 0 Å². The van der Waals surface area contributed by atoms with Crippen LogP contribution in [0.2, 0.25) is 0 Å². The van der Waals surface area contributed by atoms with Crippen LogP contribution in [0.1, 0.15) is 11.1 Å². The molecule has 0 saturated carbocycles. The number of fused-ring (bicyclic) bond motifs is 9. The van der Waals surface area contributed by atoms with Crippen molar-refractivity contribution in [2.45, 2.75) is 0 Å². The first kappa shape index (κ1) is 30.7. The molecule has 5 nitrogen and oxygen atoms in total. The molecule has 0 unspecified atom stereocenters. The Morgan fingerprint density at radius 3 is 1.45 bits per heavy atom. The molecule has 0 amide bonds. The zero-order chi connectivity index (χ0) is 36.6. The first-order chi connectivity index (χ1) is 27.2. The van der Waals surface area contributed by atoms with Crippen LogP contribution in [-0.4, -0.2) is 13.7 Å². The normalized spacial score (nSPS) is 11.6. The van der Waals surface area contributed by atoms with Gasteiger partial charge in [-0.25, -0.2) is 0 Å². The first-order valence-corrected chi connectivity index (χ1v) is 18.3. The molecule has 0 N–H and O–H groups in total. The van der Waals surface area contributed by atoms with Crippen LogP contribution in [0.4, 0.5) is 0 Å². The number of nitrogens with zero attached hydrogens (tertiary/aromatic N) is 5. The Kier molecular flexibility index (Phi) is 6.61. The summed E-state index contributed by atoms with van der Waals surface area (Å²) in [5, 5.41) is 27.2. The summed E-state index contributed by atoms with van der Waals surface area (Å²) in [7, 11) is 0. The van der Waals surface area contributed by atoms with Crippen LogP contribution in [0.5, 0.6) is 0 Å². The van der Waals surface area contributed by atoms with Gasteiger partial charge in [-0.1, -0.05) is 103 Å². The average Bonchev–Trinajstić information content (AvgIpc) is 3.88. The maximum absolute atomic E-state index is 10.7. The van der Waals surface area contributed by atoms with E-state index in [1.54, 1.807) is 0 Å². The van der Waals surface area contributed by atoms with Crippen LogP contribution in [0.15, 0.2) is 176 Å². The van der Waals surface area contributed by atoms with Crippen molar-refractivity contribution >= 4 is 65.4 Å². The number of hydrogen-bond donors (Lipinski definition) is 0. The molecule has 0 atom stereocenters. The van der Waals surface area contributed by atoms with Crippen molar-refractivity contribution in [3.8, 4) is 40.3 Å². The second kappa shape index (κ2) is 11.8. The molecular formula is C50H29N5. The number of aromatic nitrogens is 3. The molecule has 0 fully saturated rings. The second-order valence-corrected chi connectivity index (χ2v) is 14.0. The minimum atomic E-state index is 0.599. The van der Waals surface area contributed by atoms with Gasteiger partial charge in [0.2, 0.25) is 0 Å². The van der Waals surface area contributed by atoms with Gasteiger partial charge in [0.15, 0.2) is 0 Å². The summed E-state index contributed by atoms with van der Waals surface area (Å²) in [5.74, 6) is 0. The SMILES string of the molecule is N#Cc1ccc2c(c1)c1ccccc1n2-c1ccc(-c2cccc(C#N)c2-n2c3ccccc3c3ccc(-n4c5ccccc5c5ccccc54)cc32)cc1. The highest BCUT2D eigenvalue weighted by Crippen LogP contribution is 2.41. The maximum Gasteiger partial charge on any atom is 0.101 e. The number of hydrogen-bond acceptors (Lipinski definition) is 2. The Morgan fingerprint density at radius 2 is 0.855 bits per heavy atom. The molecule has 8 aromatic carbocycles. The van der Waals surface area contributed by atoms with Crippen molar-refractivity contribution in [3.05, 3.63) is 187 Å². The molecule has 11 aromatic rings. The van der Waals surface area contributed by atoms with Gasteiger partial charge >= 0.3 is 0 Å². The lowest BCUT2D eigenvalue weighted by Crippen LogP contribution is -2.02. The Morgan fingerprint density at radius 1 is 0.345 bits per heavy atom. The van der Waals surface area contributed by atoms with Gasteiger partial charge in [0, 0.05) is 49.3 Å². The van der Waals surface area contributed by atoms with Gasteiger partial charge in [0.1, 0.15) is 6.07 Å². The molecule has 254 valence electrons. The molecule has 3 heterocycles. The van der Waals surface area contributed by atoms with E-state index >= 15 is 0 Å².